The summed E-state index contributed by atoms with van der Waals surface area (Å²) in [6.07, 6.45) is 2.86. The number of anilines is 2. The van der Waals surface area contributed by atoms with Crippen molar-refractivity contribution in [2.45, 2.75) is 0 Å². The smallest absolute Gasteiger partial charge is 0.313 e. The van der Waals surface area contributed by atoms with Crippen LogP contribution in [0.4, 0.5) is 17.2 Å². The van der Waals surface area contributed by atoms with Crippen LogP contribution in [0.5, 0.6) is 5.75 Å². The maximum absolute atomic E-state index is 12.0. The van der Waals surface area contributed by atoms with E-state index < -0.39 is 4.92 Å². The molecule has 0 spiro atoms. The van der Waals surface area contributed by atoms with Gasteiger partial charge in [-0.2, -0.15) is 5.10 Å². The number of aromatic nitrogens is 1. The minimum Gasteiger partial charge on any atom is -0.483 e. The molecule has 0 aliphatic rings. The Morgan fingerprint density at radius 3 is 2.66 bits per heavy atom. The monoisotopic (exact) mass is 391 g/mol. The molecule has 3 rings (SSSR count). The first-order valence-corrected chi connectivity index (χ1v) is 8.58. The molecule has 146 valence electrons. The molecule has 1 heterocycles. The predicted molar refractivity (Wildman–Crippen MR) is 109 cm³/mol. The molecule has 0 saturated heterocycles. The molecule has 0 atom stereocenters. The van der Waals surface area contributed by atoms with E-state index in [-0.39, 0.29) is 24.0 Å². The average Bonchev–Trinajstić information content (AvgIpc) is 2.74. The Morgan fingerprint density at radius 2 is 1.86 bits per heavy atom. The highest BCUT2D eigenvalue weighted by Crippen LogP contribution is 2.20. The number of amides is 1. The Kier molecular flexibility index (Phi) is 6.45. The predicted octanol–water partition coefficient (Wildman–Crippen LogP) is 3.45. The van der Waals surface area contributed by atoms with Crippen LogP contribution in [-0.4, -0.2) is 28.6 Å². The lowest BCUT2D eigenvalue weighted by Crippen LogP contribution is -2.20. The van der Waals surface area contributed by atoms with Gasteiger partial charge in [0.1, 0.15) is 5.75 Å². The van der Waals surface area contributed by atoms with Crippen molar-refractivity contribution in [3.8, 4) is 5.75 Å². The summed E-state index contributed by atoms with van der Waals surface area (Å²) in [5, 5.41) is 17.7. The minimum atomic E-state index is -0.548. The van der Waals surface area contributed by atoms with Gasteiger partial charge in [-0.15, -0.1) is 0 Å². The van der Waals surface area contributed by atoms with Crippen LogP contribution in [0.3, 0.4) is 0 Å². The molecule has 2 aromatic carbocycles. The molecule has 0 radical (unpaired) electrons. The fraction of sp³-hybridized carbons (Fsp3) is 0.0500. The number of nitrogens with one attached hydrogen (secondary N) is 2. The van der Waals surface area contributed by atoms with Crippen molar-refractivity contribution in [3.63, 3.8) is 0 Å². The number of ether oxygens (including phenoxy) is 1. The van der Waals surface area contributed by atoms with Crippen molar-refractivity contribution in [1.29, 1.82) is 0 Å². The van der Waals surface area contributed by atoms with Gasteiger partial charge in [0.05, 0.1) is 11.1 Å². The first-order valence-electron chi connectivity index (χ1n) is 8.58. The third-order valence-corrected chi connectivity index (χ3v) is 3.69. The van der Waals surface area contributed by atoms with Crippen molar-refractivity contribution >= 4 is 29.3 Å². The van der Waals surface area contributed by atoms with Gasteiger partial charge in [0.15, 0.2) is 6.61 Å². The fourth-order valence-corrected chi connectivity index (χ4v) is 2.37. The quantitative estimate of drug-likeness (QED) is 0.345. The van der Waals surface area contributed by atoms with Crippen LogP contribution in [0.15, 0.2) is 78.0 Å². The average molecular weight is 391 g/mol. The van der Waals surface area contributed by atoms with Crippen LogP contribution in [-0.2, 0) is 4.79 Å². The van der Waals surface area contributed by atoms with Crippen LogP contribution in [0.2, 0.25) is 0 Å². The van der Waals surface area contributed by atoms with E-state index in [4.69, 9.17) is 4.74 Å². The molecule has 29 heavy (non-hydrogen) atoms. The maximum Gasteiger partial charge on any atom is 0.313 e. The van der Waals surface area contributed by atoms with Crippen molar-refractivity contribution in [2.24, 2.45) is 5.10 Å². The summed E-state index contributed by atoms with van der Waals surface area (Å²) in [6, 6.07) is 18.8. The number of nitrogens with zero attached hydrogens (tertiary/aromatic N) is 3. The summed E-state index contributed by atoms with van der Waals surface area (Å²) in [4.78, 5) is 26.4. The molecule has 3 aromatic rings. The van der Waals surface area contributed by atoms with E-state index in [9.17, 15) is 14.9 Å². The number of hydrogen-bond acceptors (Lipinski definition) is 7. The summed E-state index contributed by atoms with van der Waals surface area (Å²) < 4.78 is 5.58. The molecule has 1 amide bonds. The number of benzene rings is 2. The van der Waals surface area contributed by atoms with Crippen LogP contribution < -0.4 is 15.5 Å². The highest BCUT2D eigenvalue weighted by molar-refractivity contribution is 5.92. The molecule has 2 N–H and O–H groups in total. The summed E-state index contributed by atoms with van der Waals surface area (Å²) in [6.45, 7) is -0.182. The molecule has 0 saturated carbocycles. The molecular formula is C20H17N5O4. The minimum absolute atomic E-state index is 0.0226. The van der Waals surface area contributed by atoms with Crippen LogP contribution in [0.1, 0.15) is 5.56 Å². The Labute approximate surface area is 166 Å². The fourth-order valence-electron chi connectivity index (χ4n) is 2.37. The Bertz CT molecular complexity index is 1020. The lowest BCUT2D eigenvalue weighted by Gasteiger charge is -2.09. The lowest BCUT2D eigenvalue weighted by atomic mass is 10.2. The van der Waals surface area contributed by atoms with Crippen molar-refractivity contribution in [2.75, 3.05) is 17.3 Å². The second-order valence-electron chi connectivity index (χ2n) is 5.74. The molecule has 9 nitrogen and oxygen atoms in total. The van der Waals surface area contributed by atoms with E-state index in [1.54, 1.807) is 36.4 Å². The van der Waals surface area contributed by atoms with Crippen molar-refractivity contribution < 1.29 is 14.5 Å². The van der Waals surface area contributed by atoms with Gasteiger partial charge in [-0.1, -0.05) is 30.3 Å². The number of carbonyl (C=O) groups is 1. The summed E-state index contributed by atoms with van der Waals surface area (Å²) in [5.74, 6) is 0.163. The number of pyridine rings is 1. The second-order valence-corrected chi connectivity index (χ2v) is 5.74. The normalized spacial score (nSPS) is 10.5. The molecule has 0 fully saturated rings. The highest BCUT2D eigenvalue weighted by atomic mass is 16.6. The standard InChI is InChI=1S/C20H17N5O4/c26-19(23-16-8-2-1-3-9-16)14-29-18-11-5-4-7-15(18)13-22-24-20-17(25(27)28)10-6-12-21-20/h1-13H,14H2,(H,21,24)(H,23,26)/b22-13-. The van der Waals surface area contributed by atoms with E-state index in [1.165, 1.54) is 24.5 Å². The van der Waals surface area contributed by atoms with E-state index in [0.717, 1.165) is 0 Å². The van der Waals surface area contributed by atoms with E-state index in [1.807, 2.05) is 18.2 Å². The molecule has 0 bridgehead atoms. The largest absolute Gasteiger partial charge is 0.483 e. The Morgan fingerprint density at radius 1 is 1.10 bits per heavy atom. The first-order chi connectivity index (χ1) is 14.1. The second kappa shape index (κ2) is 9.60. The molecule has 9 heteroatoms. The molecule has 0 aliphatic heterocycles. The van der Waals surface area contributed by atoms with E-state index in [2.05, 4.69) is 20.8 Å². The molecule has 0 unspecified atom stereocenters. The number of nitro groups is 1. The first kappa shape index (κ1) is 19.5. The molecule has 0 aliphatic carbocycles. The number of para-hydroxylation sites is 2. The van der Waals surface area contributed by atoms with Crippen LogP contribution in [0, 0.1) is 10.1 Å². The SMILES string of the molecule is O=C(COc1ccccc1/C=N\Nc1ncccc1[N+](=O)[O-])Nc1ccccc1. The van der Waals surface area contributed by atoms with Crippen molar-refractivity contribution in [3.05, 3.63) is 88.6 Å². The van der Waals surface area contributed by atoms with E-state index >= 15 is 0 Å². The van der Waals surface area contributed by atoms with Gasteiger partial charge >= 0.3 is 5.69 Å². The van der Waals surface area contributed by atoms with Gasteiger partial charge < -0.3 is 10.1 Å². The van der Waals surface area contributed by atoms with Crippen molar-refractivity contribution in [1.82, 2.24) is 4.98 Å². The maximum atomic E-state index is 12.0. The Hall–Kier alpha value is -4.27. The Balaban J connectivity index is 1.62. The summed E-state index contributed by atoms with van der Waals surface area (Å²) in [5.41, 5.74) is 3.63. The zero-order valence-electron chi connectivity index (χ0n) is 15.2. The zero-order chi connectivity index (χ0) is 20.5. The van der Waals surface area contributed by atoms with Crippen LogP contribution >= 0.6 is 0 Å². The summed E-state index contributed by atoms with van der Waals surface area (Å²) >= 11 is 0. The van der Waals surface area contributed by atoms with Gasteiger partial charge in [-0.3, -0.25) is 20.3 Å². The van der Waals surface area contributed by atoms with Gasteiger partial charge in [-0.05, 0) is 30.3 Å². The zero-order valence-corrected chi connectivity index (χ0v) is 15.2. The topological polar surface area (TPSA) is 119 Å². The van der Waals surface area contributed by atoms with Gasteiger partial charge in [0, 0.05) is 23.5 Å². The van der Waals surface area contributed by atoms with Gasteiger partial charge in [0.2, 0.25) is 5.82 Å². The number of hydrazone groups is 1. The lowest BCUT2D eigenvalue weighted by molar-refractivity contribution is -0.384. The van der Waals surface area contributed by atoms with Gasteiger partial charge in [0.25, 0.3) is 5.91 Å². The summed E-state index contributed by atoms with van der Waals surface area (Å²) in [7, 11) is 0. The molecule has 1 aromatic heterocycles. The van der Waals surface area contributed by atoms with E-state index in [0.29, 0.717) is 17.0 Å². The number of carbonyl (C=O) groups excluding carboxylic acids is 1. The number of hydrogen-bond donors (Lipinski definition) is 2. The van der Waals surface area contributed by atoms with Gasteiger partial charge in [-0.25, -0.2) is 4.98 Å². The number of rotatable bonds is 8. The third-order valence-electron chi connectivity index (χ3n) is 3.69. The molecular weight excluding hydrogens is 374 g/mol. The highest BCUT2D eigenvalue weighted by Gasteiger charge is 2.13. The van der Waals surface area contributed by atoms with Crippen LogP contribution in [0.25, 0.3) is 0 Å². The third kappa shape index (κ3) is 5.60.